The summed E-state index contributed by atoms with van der Waals surface area (Å²) in [7, 11) is 0. The van der Waals surface area contributed by atoms with Gasteiger partial charge in [0, 0.05) is 36.7 Å². The first-order valence-electron chi connectivity index (χ1n) is 16.1. The average molecular weight is 643 g/mol. The predicted molar refractivity (Wildman–Crippen MR) is 165 cm³/mol. The van der Waals surface area contributed by atoms with Crippen LogP contribution < -0.4 is 0 Å². The lowest BCUT2D eigenvalue weighted by Gasteiger charge is -2.58. The van der Waals surface area contributed by atoms with Crippen LogP contribution in [0.4, 0.5) is 0 Å². The highest BCUT2D eigenvalue weighted by Gasteiger charge is 2.83. The number of epoxide rings is 1. The molecule has 8 atom stereocenters. The maximum atomic E-state index is 13.2. The number of hydrogen-bond acceptors (Lipinski definition) is 11. The van der Waals surface area contributed by atoms with E-state index in [4.69, 9.17) is 28.4 Å². The van der Waals surface area contributed by atoms with Gasteiger partial charge in [0.25, 0.3) is 0 Å². The minimum absolute atomic E-state index is 0.0517. The van der Waals surface area contributed by atoms with Crippen LogP contribution >= 0.6 is 0 Å². The number of cyclic esters (lactones) is 1. The van der Waals surface area contributed by atoms with Crippen molar-refractivity contribution in [3.05, 3.63) is 59.3 Å². The number of ether oxygens (including phenoxy) is 6. The van der Waals surface area contributed by atoms with Gasteiger partial charge in [-0.3, -0.25) is 0 Å². The lowest BCUT2D eigenvalue weighted by molar-refractivity contribution is -0.232. The van der Waals surface area contributed by atoms with Gasteiger partial charge >= 0.3 is 17.9 Å². The molecule has 252 valence electrons. The zero-order chi connectivity index (χ0) is 33.1. The van der Waals surface area contributed by atoms with Crippen LogP contribution in [0.25, 0.3) is 0 Å². The smallest absolute Gasteiger partial charge is 0.331 e. The Balaban J connectivity index is 1.27. The summed E-state index contributed by atoms with van der Waals surface area (Å²) >= 11 is 0. The molecule has 2 aliphatic carbocycles. The fourth-order valence-electron chi connectivity index (χ4n) is 7.55. The molecule has 5 rings (SSSR count). The zero-order valence-electron chi connectivity index (χ0n) is 27.1. The van der Waals surface area contributed by atoms with Crippen molar-refractivity contribution in [2.75, 3.05) is 33.0 Å². The van der Waals surface area contributed by atoms with Crippen LogP contribution in [0.15, 0.2) is 59.3 Å². The molecule has 0 unspecified atom stereocenters. The highest BCUT2D eigenvalue weighted by molar-refractivity contribution is 5.85. The summed E-state index contributed by atoms with van der Waals surface area (Å²) < 4.78 is 35.5. The molecule has 0 aromatic rings. The Bertz CT molecular complexity index is 1340. The third-order valence-corrected chi connectivity index (χ3v) is 10.4. The first-order valence-corrected chi connectivity index (χ1v) is 16.1. The van der Waals surface area contributed by atoms with Crippen LogP contribution in [-0.4, -0.2) is 97.3 Å². The maximum absolute atomic E-state index is 13.2. The molecule has 1 saturated carbocycles. The normalized spacial score (nSPS) is 34.7. The van der Waals surface area contributed by atoms with E-state index < -0.39 is 46.7 Å². The van der Waals surface area contributed by atoms with E-state index in [9.17, 15) is 24.6 Å². The predicted octanol–water partition coefficient (Wildman–Crippen LogP) is 3.19. The SMILES string of the molecule is CC1=C[C@H]2O[C@H]3C[C@H](OC(=O)/C=C\C=C\[C@H](OCCC4=CC(=O)OC4)[C@H](C)O)[C@@](C)([C@@]2(COC(=O)/C=C(\C)CCO)CC1)[C@]31CO1. The van der Waals surface area contributed by atoms with E-state index in [0.29, 0.717) is 38.9 Å². The minimum atomic E-state index is -0.792. The van der Waals surface area contributed by atoms with Gasteiger partial charge in [0.2, 0.25) is 0 Å². The second kappa shape index (κ2) is 13.9. The van der Waals surface area contributed by atoms with Crippen LogP contribution in [0.1, 0.15) is 59.8 Å². The van der Waals surface area contributed by atoms with E-state index in [2.05, 4.69) is 19.9 Å². The molecule has 5 aliphatic rings. The van der Waals surface area contributed by atoms with Crippen molar-refractivity contribution >= 4 is 17.9 Å². The van der Waals surface area contributed by atoms with Gasteiger partial charge in [-0.2, -0.15) is 0 Å². The standard InChI is InChI=1S/C35H46O11/c1-22-9-12-34(20-43-31(39)16-23(2)10-13-36)28(15-22)45-29-18-27(33(34,4)35(29)21-44-35)46-30(38)8-6-5-7-26(24(3)37)41-14-11-25-17-32(40)42-19-25/h5-8,15-17,24,26-29,36-37H,9-14,18-21H2,1-4H3/b7-5+,8-6-,23-16+/t24-,26-,27-,28+,29-,33-,34+,35-/m0/s1. The van der Waals surface area contributed by atoms with Gasteiger partial charge < -0.3 is 38.6 Å². The first kappa shape index (κ1) is 34.3. The number of esters is 3. The Morgan fingerprint density at radius 2 is 2.02 bits per heavy atom. The molecule has 3 heterocycles. The molecule has 2 bridgehead atoms. The van der Waals surface area contributed by atoms with Crippen molar-refractivity contribution in [1.29, 1.82) is 0 Å². The molecule has 0 amide bonds. The largest absolute Gasteiger partial charge is 0.462 e. The lowest BCUT2D eigenvalue weighted by Crippen LogP contribution is -2.66. The molecule has 0 aromatic heterocycles. The first-order chi connectivity index (χ1) is 21.9. The highest BCUT2D eigenvalue weighted by atomic mass is 16.6. The van der Waals surface area contributed by atoms with Crippen LogP contribution in [0.3, 0.4) is 0 Å². The molecule has 11 nitrogen and oxygen atoms in total. The van der Waals surface area contributed by atoms with Crippen molar-refractivity contribution in [3.63, 3.8) is 0 Å². The number of rotatable bonds is 14. The Labute approximate surface area is 269 Å². The molecule has 1 spiro atoms. The number of carbonyl (C=O) groups is 3. The summed E-state index contributed by atoms with van der Waals surface area (Å²) in [6.07, 6.45) is 11.4. The molecular formula is C35H46O11. The van der Waals surface area contributed by atoms with Gasteiger partial charge in [-0.1, -0.05) is 42.4 Å². The fraction of sp³-hybridized carbons (Fsp3) is 0.629. The Morgan fingerprint density at radius 3 is 2.70 bits per heavy atom. The Hall–Kier alpha value is -3.09. The fourth-order valence-corrected chi connectivity index (χ4v) is 7.55. The van der Waals surface area contributed by atoms with Crippen molar-refractivity contribution in [3.8, 4) is 0 Å². The maximum Gasteiger partial charge on any atom is 0.331 e. The summed E-state index contributed by atoms with van der Waals surface area (Å²) in [5.41, 5.74) is 0.749. The second-order valence-corrected chi connectivity index (χ2v) is 13.3. The summed E-state index contributed by atoms with van der Waals surface area (Å²) in [5.74, 6) is -1.37. The third kappa shape index (κ3) is 6.66. The zero-order valence-corrected chi connectivity index (χ0v) is 27.1. The molecular weight excluding hydrogens is 596 g/mol. The van der Waals surface area contributed by atoms with Gasteiger partial charge in [0.15, 0.2) is 0 Å². The van der Waals surface area contributed by atoms with E-state index in [1.54, 1.807) is 32.1 Å². The molecule has 0 aromatic carbocycles. The molecule has 2 N–H and O–H groups in total. The van der Waals surface area contributed by atoms with Crippen LogP contribution in [0.2, 0.25) is 0 Å². The van der Waals surface area contributed by atoms with Gasteiger partial charge in [0.1, 0.15) is 31.0 Å². The lowest BCUT2D eigenvalue weighted by atomic mass is 9.51. The highest BCUT2D eigenvalue weighted by Crippen LogP contribution is 2.72. The number of aliphatic hydroxyl groups is 2. The van der Waals surface area contributed by atoms with Gasteiger partial charge in [-0.15, -0.1) is 0 Å². The number of aliphatic hydroxyl groups excluding tert-OH is 2. The van der Waals surface area contributed by atoms with Crippen LogP contribution in [0, 0.1) is 10.8 Å². The van der Waals surface area contributed by atoms with E-state index >= 15 is 0 Å². The molecule has 0 radical (unpaired) electrons. The van der Waals surface area contributed by atoms with E-state index in [0.717, 1.165) is 17.6 Å². The monoisotopic (exact) mass is 642 g/mol. The van der Waals surface area contributed by atoms with Crippen molar-refractivity contribution in [1.82, 2.24) is 0 Å². The van der Waals surface area contributed by atoms with Crippen LogP contribution in [0.5, 0.6) is 0 Å². The average Bonchev–Trinajstić information content (AvgIpc) is 3.67. The van der Waals surface area contributed by atoms with Crippen molar-refractivity contribution in [2.24, 2.45) is 10.8 Å². The number of hydrogen-bond donors (Lipinski definition) is 2. The number of allylic oxidation sites excluding steroid dienone is 3. The Kier molecular flexibility index (Phi) is 10.4. The molecule has 46 heavy (non-hydrogen) atoms. The van der Waals surface area contributed by atoms with Gasteiger partial charge in [0.05, 0.1) is 36.9 Å². The van der Waals surface area contributed by atoms with Crippen LogP contribution in [-0.2, 0) is 42.8 Å². The number of fused-ring (bicyclic) bond motifs is 2. The second-order valence-electron chi connectivity index (χ2n) is 13.3. The Morgan fingerprint density at radius 1 is 1.24 bits per heavy atom. The van der Waals surface area contributed by atoms with E-state index in [1.165, 1.54) is 23.8 Å². The summed E-state index contributed by atoms with van der Waals surface area (Å²) in [6, 6.07) is 0. The summed E-state index contributed by atoms with van der Waals surface area (Å²) in [5, 5.41) is 19.3. The van der Waals surface area contributed by atoms with E-state index in [1.807, 2.05) is 0 Å². The quantitative estimate of drug-likeness (QED) is 0.0718. The summed E-state index contributed by atoms with van der Waals surface area (Å²) in [4.78, 5) is 37.2. The summed E-state index contributed by atoms with van der Waals surface area (Å²) in [6.45, 7) is 8.59. The van der Waals surface area contributed by atoms with Gasteiger partial charge in [-0.25, -0.2) is 14.4 Å². The minimum Gasteiger partial charge on any atom is -0.462 e. The molecule has 11 heteroatoms. The van der Waals surface area contributed by atoms with E-state index in [-0.39, 0.29) is 38.0 Å². The van der Waals surface area contributed by atoms with Crippen molar-refractivity contribution in [2.45, 2.75) is 95.9 Å². The van der Waals surface area contributed by atoms with Crippen molar-refractivity contribution < 1.29 is 53.0 Å². The topological polar surface area (TPSA) is 150 Å². The molecule has 3 fully saturated rings. The molecule has 3 aliphatic heterocycles. The number of carbonyl (C=O) groups excluding carboxylic acids is 3. The molecule has 2 saturated heterocycles. The third-order valence-electron chi connectivity index (χ3n) is 10.4. The van der Waals surface area contributed by atoms with Gasteiger partial charge in [-0.05, 0) is 52.0 Å².